The molecule has 4 rings (SSSR count). The Kier molecular flexibility index (Phi) is 7.44. The lowest BCUT2D eigenvalue weighted by Gasteiger charge is -2.36. The number of anilines is 1. The number of methoxy groups -OCH3 is 1. The normalized spacial score (nSPS) is 20.9. The molecule has 2 heterocycles. The predicted octanol–water partition coefficient (Wildman–Crippen LogP) is 3.28. The van der Waals surface area contributed by atoms with Crippen LogP contribution in [0.25, 0.3) is 0 Å². The summed E-state index contributed by atoms with van der Waals surface area (Å²) < 4.78 is 61.2. The number of ether oxygens (including phenoxy) is 1. The van der Waals surface area contributed by atoms with Gasteiger partial charge in [-0.1, -0.05) is 30.7 Å². The summed E-state index contributed by atoms with van der Waals surface area (Å²) in [4.78, 5) is 2.28. The van der Waals surface area contributed by atoms with Gasteiger partial charge in [-0.05, 0) is 49.1 Å². The lowest BCUT2D eigenvalue weighted by molar-refractivity contribution is 0.281. The van der Waals surface area contributed by atoms with Crippen molar-refractivity contribution in [3.8, 4) is 5.75 Å². The van der Waals surface area contributed by atoms with Crippen molar-refractivity contribution in [2.24, 2.45) is 5.92 Å². The van der Waals surface area contributed by atoms with E-state index >= 15 is 0 Å². The molecule has 8 nitrogen and oxygen atoms in total. The minimum Gasteiger partial charge on any atom is -0.495 e. The number of rotatable bonds is 6. The maximum atomic E-state index is 13.3. The van der Waals surface area contributed by atoms with Crippen molar-refractivity contribution in [2.45, 2.75) is 29.6 Å². The van der Waals surface area contributed by atoms with Gasteiger partial charge < -0.3 is 9.64 Å². The fourth-order valence-electron chi connectivity index (χ4n) is 4.55. The fraction of sp³-hybridized carbons (Fsp3) is 0.478. The highest BCUT2D eigenvalue weighted by atomic mass is 35.5. The molecule has 2 aliphatic heterocycles. The molecule has 1 atom stereocenters. The summed E-state index contributed by atoms with van der Waals surface area (Å²) in [5, 5.41) is 0.191. The predicted molar refractivity (Wildman–Crippen MR) is 133 cm³/mol. The summed E-state index contributed by atoms with van der Waals surface area (Å²) >= 11 is 6.13. The van der Waals surface area contributed by atoms with Crippen molar-refractivity contribution >= 4 is 37.3 Å². The van der Waals surface area contributed by atoms with Gasteiger partial charge in [0.15, 0.2) is 0 Å². The van der Waals surface area contributed by atoms with Gasteiger partial charge in [0.05, 0.1) is 22.7 Å². The van der Waals surface area contributed by atoms with Gasteiger partial charge in [-0.15, -0.1) is 0 Å². The summed E-state index contributed by atoms with van der Waals surface area (Å²) in [5.74, 6) is 0.878. The van der Waals surface area contributed by atoms with Crippen LogP contribution in [0, 0.1) is 5.92 Å². The molecule has 186 valence electrons. The molecule has 2 saturated heterocycles. The minimum atomic E-state index is -3.72. The number of hydrogen-bond donors (Lipinski definition) is 0. The van der Waals surface area contributed by atoms with E-state index in [9.17, 15) is 16.8 Å². The molecule has 0 amide bonds. The molecule has 2 aromatic rings. The van der Waals surface area contributed by atoms with E-state index in [1.807, 2.05) is 4.90 Å². The van der Waals surface area contributed by atoms with Crippen LogP contribution < -0.4 is 9.64 Å². The summed E-state index contributed by atoms with van der Waals surface area (Å²) in [7, 11) is -5.81. The Labute approximate surface area is 207 Å². The molecule has 2 aromatic carbocycles. The maximum Gasteiger partial charge on any atom is 0.244 e. The van der Waals surface area contributed by atoms with Gasteiger partial charge in [0.25, 0.3) is 0 Å². The van der Waals surface area contributed by atoms with Gasteiger partial charge in [-0.2, -0.15) is 8.61 Å². The molecule has 0 N–H and O–H groups in total. The van der Waals surface area contributed by atoms with E-state index in [4.69, 9.17) is 16.3 Å². The van der Waals surface area contributed by atoms with E-state index in [-0.39, 0.29) is 27.9 Å². The second-order valence-electron chi connectivity index (χ2n) is 8.77. The Morgan fingerprint density at radius 1 is 0.912 bits per heavy atom. The minimum absolute atomic E-state index is 0.0894. The van der Waals surface area contributed by atoms with E-state index in [0.29, 0.717) is 43.5 Å². The summed E-state index contributed by atoms with van der Waals surface area (Å²) in [6.07, 6.45) is 1.88. The first-order valence-electron chi connectivity index (χ1n) is 11.3. The van der Waals surface area contributed by atoms with Crippen LogP contribution >= 0.6 is 11.6 Å². The van der Waals surface area contributed by atoms with Gasteiger partial charge in [-0.3, -0.25) is 0 Å². The van der Waals surface area contributed by atoms with E-state index < -0.39 is 20.0 Å². The first kappa shape index (κ1) is 25.2. The third kappa shape index (κ3) is 4.92. The highest BCUT2D eigenvalue weighted by molar-refractivity contribution is 7.89. The molecular weight excluding hydrogens is 498 g/mol. The van der Waals surface area contributed by atoms with Crippen LogP contribution in [0.4, 0.5) is 5.69 Å². The second kappa shape index (κ2) is 10.0. The van der Waals surface area contributed by atoms with Crippen molar-refractivity contribution in [1.29, 1.82) is 0 Å². The van der Waals surface area contributed by atoms with Gasteiger partial charge in [0, 0.05) is 39.3 Å². The van der Waals surface area contributed by atoms with Crippen molar-refractivity contribution in [1.82, 2.24) is 8.61 Å². The van der Waals surface area contributed by atoms with Crippen LogP contribution in [0.5, 0.6) is 5.75 Å². The largest absolute Gasteiger partial charge is 0.495 e. The van der Waals surface area contributed by atoms with Crippen LogP contribution in [0.3, 0.4) is 0 Å². The lowest BCUT2D eigenvalue weighted by atomic mass is 10.0. The molecule has 11 heteroatoms. The standard InChI is InChI=1S/C23H30ClN3O5S2/c1-18-6-5-11-27(17-18)33(28,29)19-9-10-22(32-2)21(16-19)25-12-14-26(15-13-25)34(30,31)23-8-4-3-7-20(23)24/h3-4,7-10,16,18H,5-6,11-15,17H2,1-2H3/t18-/m0/s1. The Bertz CT molecular complexity index is 1250. The summed E-state index contributed by atoms with van der Waals surface area (Å²) in [6, 6.07) is 11.3. The lowest BCUT2D eigenvalue weighted by Crippen LogP contribution is -2.48. The molecule has 2 aliphatic rings. The topological polar surface area (TPSA) is 87.2 Å². The molecule has 2 fully saturated rings. The quantitative estimate of drug-likeness (QED) is 0.573. The molecule has 0 saturated carbocycles. The van der Waals surface area contributed by atoms with Crippen molar-refractivity contribution in [3.05, 3.63) is 47.5 Å². The fourth-order valence-corrected chi connectivity index (χ4v) is 8.09. The number of piperazine rings is 1. The number of sulfonamides is 2. The van der Waals surface area contributed by atoms with Gasteiger partial charge in [0.1, 0.15) is 10.6 Å². The van der Waals surface area contributed by atoms with Gasteiger partial charge >= 0.3 is 0 Å². The number of nitrogens with zero attached hydrogens (tertiary/aromatic N) is 3. The second-order valence-corrected chi connectivity index (χ2v) is 13.0. The van der Waals surface area contributed by atoms with Crippen LogP contribution in [-0.4, -0.2) is 71.8 Å². The van der Waals surface area contributed by atoms with E-state index in [1.54, 1.807) is 40.7 Å². The van der Waals surface area contributed by atoms with Crippen molar-refractivity contribution in [2.75, 3.05) is 51.3 Å². The number of benzene rings is 2. The Morgan fingerprint density at radius 3 is 2.26 bits per heavy atom. The maximum absolute atomic E-state index is 13.3. The van der Waals surface area contributed by atoms with Gasteiger partial charge in [0.2, 0.25) is 20.0 Å². The van der Waals surface area contributed by atoms with Crippen molar-refractivity contribution < 1.29 is 21.6 Å². The zero-order valence-electron chi connectivity index (χ0n) is 19.4. The number of hydrogen-bond acceptors (Lipinski definition) is 6. The first-order chi connectivity index (χ1) is 16.1. The molecule has 0 spiro atoms. The summed E-state index contributed by atoms with van der Waals surface area (Å²) in [6.45, 7) is 4.38. The molecular formula is C23H30ClN3O5S2. The van der Waals surface area contributed by atoms with E-state index in [0.717, 1.165) is 12.8 Å². The van der Waals surface area contributed by atoms with Crippen LogP contribution in [-0.2, 0) is 20.0 Å². The Balaban J connectivity index is 1.56. The Morgan fingerprint density at radius 2 is 1.62 bits per heavy atom. The molecule has 0 radical (unpaired) electrons. The highest BCUT2D eigenvalue weighted by Gasteiger charge is 2.33. The van der Waals surface area contributed by atoms with Crippen LogP contribution in [0.15, 0.2) is 52.3 Å². The molecule has 0 bridgehead atoms. The monoisotopic (exact) mass is 527 g/mol. The molecule has 34 heavy (non-hydrogen) atoms. The molecule has 0 aromatic heterocycles. The van der Waals surface area contributed by atoms with Crippen LogP contribution in [0.1, 0.15) is 19.8 Å². The van der Waals surface area contributed by atoms with Gasteiger partial charge in [-0.25, -0.2) is 16.8 Å². The van der Waals surface area contributed by atoms with E-state index in [2.05, 4.69) is 6.92 Å². The number of halogens is 1. The summed E-state index contributed by atoms with van der Waals surface area (Å²) in [5.41, 5.74) is 0.642. The Hall–Kier alpha value is -1.85. The van der Waals surface area contributed by atoms with Crippen LogP contribution in [0.2, 0.25) is 5.02 Å². The average Bonchev–Trinajstić information content (AvgIpc) is 2.84. The molecule has 0 aliphatic carbocycles. The number of piperidine rings is 1. The molecule has 0 unspecified atom stereocenters. The third-order valence-corrected chi connectivity index (χ3v) is 10.7. The van der Waals surface area contributed by atoms with E-state index in [1.165, 1.54) is 17.5 Å². The highest BCUT2D eigenvalue weighted by Crippen LogP contribution is 2.34. The first-order valence-corrected chi connectivity index (χ1v) is 14.6. The zero-order valence-corrected chi connectivity index (χ0v) is 21.7. The SMILES string of the molecule is COc1ccc(S(=O)(=O)N2CCC[C@H](C)C2)cc1N1CCN(S(=O)(=O)c2ccccc2Cl)CC1. The smallest absolute Gasteiger partial charge is 0.244 e. The zero-order chi connectivity index (χ0) is 24.5. The third-order valence-electron chi connectivity index (χ3n) is 6.44. The average molecular weight is 528 g/mol. The van der Waals surface area contributed by atoms with Crippen molar-refractivity contribution in [3.63, 3.8) is 0 Å².